The first-order chi connectivity index (χ1) is 4.02. The summed E-state index contributed by atoms with van der Waals surface area (Å²) in [4.78, 5) is 0. The van der Waals surface area contributed by atoms with Gasteiger partial charge in [-0.1, -0.05) is 20.8 Å². The van der Waals surface area contributed by atoms with Gasteiger partial charge in [-0.3, -0.25) is 0 Å². The van der Waals surface area contributed by atoms with Crippen molar-refractivity contribution < 1.29 is 0 Å². The quantitative estimate of drug-likeness (QED) is 0.555. The van der Waals surface area contributed by atoms with Gasteiger partial charge in [0.05, 0.1) is 0 Å². The van der Waals surface area contributed by atoms with E-state index in [9.17, 15) is 0 Å². The molecule has 1 rings (SSSR count). The zero-order chi connectivity index (χ0) is 7.12. The van der Waals surface area contributed by atoms with Crippen LogP contribution in [0.2, 0.25) is 0 Å². The van der Waals surface area contributed by atoms with E-state index in [1.807, 2.05) is 0 Å². The average Bonchev–Trinajstić information content (AvgIpc) is 2.07. The van der Waals surface area contributed by atoms with Crippen molar-refractivity contribution in [2.75, 3.05) is 0 Å². The zero-order valence-corrected chi connectivity index (χ0v) is 7.64. The molecule has 1 heteroatoms. The summed E-state index contributed by atoms with van der Waals surface area (Å²) in [6, 6.07) is 0. The van der Waals surface area contributed by atoms with Gasteiger partial charge in [-0.25, -0.2) is 0 Å². The summed E-state index contributed by atoms with van der Waals surface area (Å²) < 4.78 is 1.19. The Hall–Kier alpha value is 0.350. The molecular weight excluding hydrogens is 140 g/mol. The van der Waals surface area contributed by atoms with Crippen molar-refractivity contribution in [3.63, 3.8) is 0 Å². The largest absolute Gasteiger partial charge is 0.146 e. The molecule has 0 amide bonds. The molecule has 1 aliphatic heterocycles. The van der Waals surface area contributed by atoms with Gasteiger partial charge in [-0.2, -0.15) is 0 Å². The molecule has 0 radical (unpaired) electrons. The van der Waals surface area contributed by atoms with E-state index in [1.165, 1.54) is 12.8 Å². The van der Waals surface area contributed by atoms with E-state index >= 15 is 0 Å². The second-order valence-electron chi connectivity index (χ2n) is 3.59. The predicted octanol–water partition coefficient (Wildman–Crippen LogP) is 3.71. The normalized spacial score (nSPS) is 34.8. The molecule has 0 saturated carbocycles. The highest BCUT2D eigenvalue weighted by Gasteiger charge is 2.57. The smallest absolute Gasteiger partial charge is 0.0279 e. The molecule has 1 fully saturated rings. The Morgan fingerprint density at radius 3 is 1.70 bits per heavy atom. The molecule has 0 bridgehead atoms. The van der Waals surface area contributed by atoms with Crippen molar-refractivity contribution in [1.29, 1.82) is 0 Å². The van der Waals surface area contributed by atoms with Crippen LogP contribution < -0.4 is 0 Å². The van der Waals surface area contributed by atoms with Crippen LogP contribution in [0.4, 0.5) is 0 Å². The van der Waals surface area contributed by atoms with Crippen LogP contribution in [0.3, 0.4) is 0 Å². The third kappa shape index (κ3) is 1.50. The van der Waals surface area contributed by atoms with Crippen LogP contribution in [0.5, 0.6) is 0 Å². The molecule has 10 heavy (non-hydrogen) atoms. The van der Waals surface area contributed by atoms with Gasteiger partial charge in [0.2, 0.25) is 0 Å². The first-order valence-corrected chi connectivity index (χ1v) is 4.54. The van der Waals surface area contributed by atoms with Crippen LogP contribution >= 0.6 is 11.8 Å². The Morgan fingerprint density at radius 1 is 1.20 bits per heavy atom. The first kappa shape index (κ1) is 10.3. The molecule has 0 nitrogen and oxygen atoms in total. The van der Waals surface area contributed by atoms with Crippen LogP contribution in [0.1, 0.15) is 48.0 Å². The van der Waals surface area contributed by atoms with E-state index in [1.54, 1.807) is 0 Å². The molecule has 1 heterocycles. The number of hydrogen-bond donors (Lipinski definition) is 0. The predicted molar refractivity (Wildman–Crippen MR) is 51.7 cm³/mol. The van der Waals surface area contributed by atoms with E-state index in [0.29, 0.717) is 9.49 Å². The van der Waals surface area contributed by atoms with Crippen molar-refractivity contribution >= 4 is 11.8 Å². The molecule has 1 atom stereocenters. The molecule has 0 aromatic heterocycles. The second kappa shape index (κ2) is 2.77. The fourth-order valence-corrected chi connectivity index (χ4v) is 2.85. The SMILES string of the molecule is C.CCCC1(C)SC1(C)C. The summed E-state index contributed by atoms with van der Waals surface area (Å²) in [5.74, 6) is 0. The fourth-order valence-electron chi connectivity index (χ4n) is 1.37. The molecule has 0 N–H and O–H groups in total. The monoisotopic (exact) mass is 160 g/mol. The number of hydrogen-bond acceptors (Lipinski definition) is 1. The Bertz CT molecular complexity index is 118. The topological polar surface area (TPSA) is 0 Å². The minimum absolute atomic E-state index is 0. The van der Waals surface area contributed by atoms with Gasteiger partial charge >= 0.3 is 0 Å². The number of thioether (sulfide) groups is 1. The number of rotatable bonds is 2. The average molecular weight is 160 g/mol. The highest BCUT2D eigenvalue weighted by molar-refractivity contribution is 8.09. The zero-order valence-electron chi connectivity index (χ0n) is 6.82. The highest BCUT2D eigenvalue weighted by Crippen LogP contribution is 2.65. The fraction of sp³-hybridized carbons (Fsp3) is 1.00. The lowest BCUT2D eigenvalue weighted by Crippen LogP contribution is -2.15. The van der Waals surface area contributed by atoms with Gasteiger partial charge in [0.25, 0.3) is 0 Å². The van der Waals surface area contributed by atoms with E-state index in [4.69, 9.17) is 0 Å². The lowest BCUT2D eigenvalue weighted by molar-refractivity contribution is 0.553. The molecule has 0 spiro atoms. The van der Waals surface area contributed by atoms with Gasteiger partial charge in [-0.15, -0.1) is 11.8 Å². The first-order valence-electron chi connectivity index (χ1n) is 3.72. The van der Waals surface area contributed by atoms with Crippen molar-refractivity contribution in [3.8, 4) is 0 Å². The maximum Gasteiger partial charge on any atom is 0.0279 e. The lowest BCUT2D eigenvalue weighted by atomic mass is 9.94. The van der Waals surface area contributed by atoms with E-state index in [0.717, 1.165) is 0 Å². The van der Waals surface area contributed by atoms with Crippen LogP contribution in [-0.4, -0.2) is 9.49 Å². The van der Waals surface area contributed by atoms with Crippen LogP contribution in [-0.2, 0) is 0 Å². The van der Waals surface area contributed by atoms with Crippen LogP contribution in [0, 0.1) is 0 Å². The second-order valence-corrected chi connectivity index (χ2v) is 5.72. The molecule has 62 valence electrons. The Balaban J connectivity index is 0.000000810. The van der Waals surface area contributed by atoms with Crippen LogP contribution in [0.15, 0.2) is 0 Å². The van der Waals surface area contributed by atoms with Gasteiger partial charge in [0.1, 0.15) is 0 Å². The van der Waals surface area contributed by atoms with E-state index in [-0.39, 0.29) is 7.43 Å². The maximum absolute atomic E-state index is 2.38. The maximum atomic E-state index is 2.38. The minimum Gasteiger partial charge on any atom is -0.146 e. The molecule has 1 unspecified atom stereocenters. The van der Waals surface area contributed by atoms with Gasteiger partial charge in [0, 0.05) is 9.49 Å². The standard InChI is InChI=1S/C8H16S.CH4/c1-5-6-8(4)7(2,3)9-8;/h5-6H2,1-4H3;1H4. The summed E-state index contributed by atoms with van der Waals surface area (Å²) in [5, 5.41) is 0. The van der Waals surface area contributed by atoms with Gasteiger partial charge in [0.15, 0.2) is 0 Å². The lowest BCUT2D eigenvalue weighted by Gasteiger charge is -2.08. The molecule has 1 saturated heterocycles. The van der Waals surface area contributed by atoms with Crippen LogP contribution in [0.25, 0.3) is 0 Å². The van der Waals surface area contributed by atoms with Crippen molar-refractivity contribution in [1.82, 2.24) is 0 Å². The Kier molecular flexibility index (Phi) is 2.86. The third-order valence-corrected chi connectivity index (χ3v) is 4.36. The summed E-state index contributed by atoms with van der Waals surface area (Å²) in [7, 11) is 0. The molecule has 0 aromatic carbocycles. The van der Waals surface area contributed by atoms with E-state index < -0.39 is 0 Å². The highest BCUT2D eigenvalue weighted by atomic mass is 32.2. The van der Waals surface area contributed by atoms with Crippen molar-refractivity contribution in [2.45, 2.75) is 57.5 Å². The summed E-state index contributed by atoms with van der Waals surface area (Å²) in [6.07, 6.45) is 2.71. The van der Waals surface area contributed by atoms with Gasteiger partial charge < -0.3 is 0 Å². The third-order valence-electron chi connectivity index (χ3n) is 2.44. The van der Waals surface area contributed by atoms with Crippen molar-refractivity contribution in [3.05, 3.63) is 0 Å². The molecule has 0 aliphatic carbocycles. The van der Waals surface area contributed by atoms with E-state index in [2.05, 4.69) is 39.5 Å². The minimum atomic E-state index is 0. The van der Waals surface area contributed by atoms with Crippen molar-refractivity contribution in [2.24, 2.45) is 0 Å². The molecule has 1 aliphatic rings. The Morgan fingerprint density at radius 2 is 1.60 bits per heavy atom. The summed E-state index contributed by atoms with van der Waals surface area (Å²) in [5.41, 5.74) is 0. The molecular formula is C9H20S. The molecule has 0 aromatic rings. The summed E-state index contributed by atoms with van der Waals surface area (Å²) >= 11 is 2.12. The Labute approximate surface area is 69.8 Å². The summed E-state index contributed by atoms with van der Waals surface area (Å²) in [6.45, 7) is 9.32. The van der Waals surface area contributed by atoms with Gasteiger partial charge in [-0.05, 0) is 27.2 Å².